The third kappa shape index (κ3) is 4.40. The van der Waals surface area contributed by atoms with Crippen molar-refractivity contribution in [1.82, 2.24) is 5.32 Å². The number of anilines is 1. The Morgan fingerprint density at radius 2 is 2.20 bits per heavy atom. The predicted octanol–water partition coefficient (Wildman–Crippen LogP) is 3.55. The summed E-state index contributed by atoms with van der Waals surface area (Å²) >= 11 is 3.48. The highest BCUT2D eigenvalue weighted by Gasteiger charge is 2.26. The SMILES string of the molecule is CC(C)(C)OC(=O)NC1CCN(c2cccc(Br)c2)C1. The lowest BCUT2D eigenvalue weighted by Crippen LogP contribution is -2.40. The molecule has 0 aromatic heterocycles. The number of nitrogens with one attached hydrogen (secondary N) is 1. The first-order valence-corrected chi connectivity index (χ1v) is 7.63. The van der Waals surface area contributed by atoms with Crippen molar-refractivity contribution in [2.24, 2.45) is 0 Å². The van der Waals surface area contributed by atoms with Gasteiger partial charge in [0.2, 0.25) is 0 Å². The minimum absolute atomic E-state index is 0.142. The molecule has 1 atom stereocenters. The molecule has 0 bridgehead atoms. The second-order valence-electron chi connectivity index (χ2n) is 6.06. The first kappa shape index (κ1) is 15.2. The van der Waals surface area contributed by atoms with Crippen LogP contribution in [0.25, 0.3) is 0 Å². The molecule has 1 saturated heterocycles. The standard InChI is InChI=1S/C15H21BrN2O2/c1-15(2,3)20-14(19)17-12-7-8-18(10-12)13-6-4-5-11(16)9-13/h4-6,9,12H,7-8,10H2,1-3H3,(H,17,19). The van der Waals surface area contributed by atoms with Gasteiger partial charge in [0, 0.05) is 23.2 Å². The van der Waals surface area contributed by atoms with Crippen molar-refractivity contribution in [2.75, 3.05) is 18.0 Å². The Hall–Kier alpha value is -1.23. The maximum Gasteiger partial charge on any atom is 0.407 e. The van der Waals surface area contributed by atoms with Gasteiger partial charge in [-0.3, -0.25) is 0 Å². The van der Waals surface area contributed by atoms with Gasteiger partial charge in [0.25, 0.3) is 0 Å². The quantitative estimate of drug-likeness (QED) is 0.894. The first-order valence-electron chi connectivity index (χ1n) is 6.83. The van der Waals surface area contributed by atoms with E-state index in [0.717, 1.165) is 24.0 Å². The van der Waals surface area contributed by atoms with Gasteiger partial charge in [0.15, 0.2) is 0 Å². The third-order valence-corrected chi connectivity index (χ3v) is 3.58. The van der Waals surface area contributed by atoms with Crippen LogP contribution >= 0.6 is 15.9 Å². The summed E-state index contributed by atoms with van der Waals surface area (Å²) in [5.41, 5.74) is 0.722. The zero-order valence-electron chi connectivity index (χ0n) is 12.1. The molecule has 1 unspecified atom stereocenters. The van der Waals surface area contributed by atoms with E-state index >= 15 is 0 Å². The highest BCUT2D eigenvalue weighted by atomic mass is 79.9. The molecular weight excluding hydrogens is 320 g/mol. The number of hydrogen-bond acceptors (Lipinski definition) is 3. The van der Waals surface area contributed by atoms with E-state index in [1.165, 1.54) is 5.69 Å². The summed E-state index contributed by atoms with van der Waals surface area (Å²) in [7, 11) is 0. The van der Waals surface area contributed by atoms with Crippen molar-refractivity contribution in [2.45, 2.75) is 38.8 Å². The van der Waals surface area contributed by atoms with Crippen LogP contribution in [-0.4, -0.2) is 30.8 Å². The molecule has 1 aliphatic heterocycles. The largest absolute Gasteiger partial charge is 0.444 e. The van der Waals surface area contributed by atoms with Crippen molar-refractivity contribution in [1.29, 1.82) is 0 Å². The number of carbonyl (C=O) groups is 1. The lowest BCUT2D eigenvalue weighted by atomic mass is 10.2. The van der Waals surface area contributed by atoms with E-state index in [0.29, 0.717) is 0 Å². The van der Waals surface area contributed by atoms with E-state index in [-0.39, 0.29) is 12.1 Å². The number of ether oxygens (including phenoxy) is 1. The Labute approximate surface area is 128 Å². The van der Waals surface area contributed by atoms with Gasteiger partial charge < -0.3 is 15.0 Å². The van der Waals surface area contributed by atoms with Gasteiger partial charge in [-0.2, -0.15) is 0 Å². The van der Waals surface area contributed by atoms with Gasteiger partial charge in [-0.05, 0) is 45.4 Å². The van der Waals surface area contributed by atoms with Crippen molar-refractivity contribution in [3.63, 3.8) is 0 Å². The van der Waals surface area contributed by atoms with Crippen molar-refractivity contribution < 1.29 is 9.53 Å². The molecule has 1 aromatic rings. The molecule has 0 radical (unpaired) electrons. The number of nitrogens with zero attached hydrogens (tertiary/aromatic N) is 1. The summed E-state index contributed by atoms with van der Waals surface area (Å²) < 4.78 is 6.35. The van der Waals surface area contributed by atoms with E-state index in [4.69, 9.17) is 4.74 Å². The average Bonchev–Trinajstić information content (AvgIpc) is 2.74. The average molecular weight is 341 g/mol. The Bertz CT molecular complexity index is 485. The normalized spacial score (nSPS) is 19.0. The molecule has 1 aromatic carbocycles. The maximum atomic E-state index is 11.8. The van der Waals surface area contributed by atoms with E-state index in [1.807, 2.05) is 32.9 Å². The minimum Gasteiger partial charge on any atom is -0.444 e. The van der Waals surface area contributed by atoms with E-state index < -0.39 is 5.60 Å². The molecule has 1 N–H and O–H groups in total. The summed E-state index contributed by atoms with van der Waals surface area (Å²) in [6.45, 7) is 7.37. The molecule has 4 nitrogen and oxygen atoms in total. The third-order valence-electron chi connectivity index (χ3n) is 3.08. The minimum atomic E-state index is -0.452. The Kier molecular flexibility index (Phi) is 4.58. The summed E-state index contributed by atoms with van der Waals surface area (Å²) in [5, 5.41) is 2.94. The van der Waals surface area contributed by atoms with Gasteiger partial charge in [0.05, 0.1) is 6.04 Å². The highest BCUT2D eigenvalue weighted by Crippen LogP contribution is 2.23. The topological polar surface area (TPSA) is 41.6 Å². The van der Waals surface area contributed by atoms with Crippen LogP contribution in [0.5, 0.6) is 0 Å². The smallest absolute Gasteiger partial charge is 0.407 e. The molecule has 1 aliphatic rings. The summed E-state index contributed by atoms with van der Waals surface area (Å²) in [5.74, 6) is 0. The lowest BCUT2D eigenvalue weighted by Gasteiger charge is -2.22. The van der Waals surface area contributed by atoms with Crippen molar-refractivity contribution in [3.05, 3.63) is 28.7 Å². The van der Waals surface area contributed by atoms with Gasteiger partial charge in [0.1, 0.15) is 5.60 Å². The number of benzene rings is 1. The van der Waals surface area contributed by atoms with Crippen LogP contribution in [0.2, 0.25) is 0 Å². The number of carbonyl (C=O) groups excluding carboxylic acids is 1. The number of alkyl carbamates (subject to hydrolysis) is 1. The van der Waals surface area contributed by atoms with Crippen LogP contribution in [-0.2, 0) is 4.74 Å². The molecule has 0 spiro atoms. The maximum absolute atomic E-state index is 11.8. The van der Waals surface area contributed by atoms with E-state index in [1.54, 1.807) is 0 Å². The van der Waals surface area contributed by atoms with E-state index in [2.05, 4.69) is 38.3 Å². The number of hydrogen-bond donors (Lipinski definition) is 1. The number of rotatable bonds is 2. The van der Waals surface area contributed by atoms with Gasteiger partial charge in [-0.1, -0.05) is 22.0 Å². The first-order chi connectivity index (χ1) is 9.33. The fraction of sp³-hybridized carbons (Fsp3) is 0.533. The molecular formula is C15H21BrN2O2. The molecule has 5 heteroatoms. The molecule has 20 heavy (non-hydrogen) atoms. The fourth-order valence-electron chi connectivity index (χ4n) is 2.26. The Morgan fingerprint density at radius 3 is 2.85 bits per heavy atom. The number of amides is 1. The molecule has 0 aliphatic carbocycles. The van der Waals surface area contributed by atoms with Crippen LogP contribution in [0.15, 0.2) is 28.7 Å². The predicted molar refractivity (Wildman–Crippen MR) is 84.1 cm³/mol. The van der Waals surface area contributed by atoms with E-state index in [9.17, 15) is 4.79 Å². The second-order valence-corrected chi connectivity index (χ2v) is 6.97. The van der Waals surface area contributed by atoms with Crippen LogP contribution in [0.1, 0.15) is 27.2 Å². The number of halogens is 1. The zero-order chi connectivity index (χ0) is 14.8. The zero-order valence-corrected chi connectivity index (χ0v) is 13.7. The van der Waals surface area contributed by atoms with Gasteiger partial charge >= 0.3 is 6.09 Å². The van der Waals surface area contributed by atoms with Crippen LogP contribution in [0.4, 0.5) is 10.5 Å². The molecule has 2 rings (SSSR count). The fourth-order valence-corrected chi connectivity index (χ4v) is 2.65. The van der Waals surface area contributed by atoms with Crippen molar-refractivity contribution >= 4 is 27.7 Å². The van der Waals surface area contributed by atoms with Gasteiger partial charge in [-0.25, -0.2) is 4.79 Å². The second kappa shape index (κ2) is 6.04. The molecule has 0 saturated carbocycles. The Morgan fingerprint density at radius 1 is 1.45 bits per heavy atom. The lowest BCUT2D eigenvalue weighted by molar-refractivity contribution is 0.0509. The van der Waals surface area contributed by atoms with Crippen LogP contribution in [0.3, 0.4) is 0 Å². The summed E-state index contributed by atoms with van der Waals surface area (Å²) in [4.78, 5) is 14.0. The van der Waals surface area contributed by atoms with Gasteiger partial charge in [-0.15, -0.1) is 0 Å². The van der Waals surface area contributed by atoms with Crippen LogP contribution in [0, 0.1) is 0 Å². The van der Waals surface area contributed by atoms with Crippen molar-refractivity contribution in [3.8, 4) is 0 Å². The molecule has 1 fully saturated rings. The summed E-state index contributed by atoms with van der Waals surface area (Å²) in [6, 6.07) is 8.35. The molecule has 110 valence electrons. The Balaban J connectivity index is 1.88. The monoisotopic (exact) mass is 340 g/mol. The highest BCUT2D eigenvalue weighted by molar-refractivity contribution is 9.10. The molecule has 1 amide bonds. The van der Waals surface area contributed by atoms with Crippen LogP contribution < -0.4 is 10.2 Å². The summed E-state index contributed by atoms with van der Waals surface area (Å²) in [6.07, 6.45) is 0.602. The molecule has 1 heterocycles.